The van der Waals surface area contributed by atoms with Gasteiger partial charge in [0.15, 0.2) is 11.6 Å². The van der Waals surface area contributed by atoms with Gasteiger partial charge in [0.1, 0.15) is 5.82 Å². The summed E-state index contributed by atoms with van der Waals surface area (Å²) in [6.45, 7) is 0. The summed E-state index contributed by atoms with van der Waals surface area (Å²) in [5.74, 6) is 2.74. The summed E-state index contributed by atoms with van der Waals surface area (Å²) in [7, 11) is 0. The van der Waals surface area contributed by atoms with Gasteiger partial charge in [0.25, 0.3) is 0 Å². The average molecular weight is 591 g/mol. The molecule has 46 heavy (non-hydrogen) atoms. The molecule has 0 radical (unpaired) electrons. The normalized spacial score (nSPS) is 11.5. The van der Waals surface area contributed by atoms with Crippen LogP contribution in [0.4, 0.5) is 0 Å². The highest BCUT2D eigenvalue weighted by Crippen LogP contribution is 2.36. The Balaban J connectivity index is 1.30. The van der Waals surface area contributed by atoms with E-state index in [0.717, 1.165) is 61.0 Å². The standard InChI is InChI=1S/C40H26N6/c1-4-14-27(15-5-1)37-42-38(28-16-6-2-7-17-28)44-40(43-37)46-34-22-12-10-20-31(34)32-26-30(24-25-35(32)46)45-36-23-13-11-21-33(36)41-39(45)29-18-8-3-9-19-29/h1-26H. The number of para-hydroxylation sites is 3. The summed E-state index contributed by atoms with van der Waals surface area (Å²) in [6, 6.07) is 53.8. The zero-order valence-corrected chi connectivity index (χ0v) is 24.7. The fourth-order valence-electron chi connectivity index (χ4n) is 6.28. The number of benzene rings is 6. The van der Waals surface area contributed by atoms with Crippen LogP contribution in [0, 0.1) is 0 Å². The van der Waals surface area contributed by atoms with Gasteiger partial charge in [-0.15, -0.1) is 0 Å². The van der Waals surface area contributed by atoms with Gasteiger partial charge in [-0.25, -0.2) is 9.97 Å². The lowest BCUT2D eigenvalue weighted by Crippen LogP contribution is -2.06. The van der Waals surface area contributed by atoms with Crippen LogP contribution in [0.2, 0.25) is 0 Å². The van der Waals surface area contributed by atoms with Gasteiger partial charge < -0.3 is 0 Å². The molecule has 0 fully saturated rings. The van der Waals surface area contributed by atoms with Crippen molar-refractivity contribution >= 4 is 32.8 Å². The number of fused-ring (bicyclic) bond motifs is 4. The fraction of sp³-hybridized carbons (Fsp3) is 0. The van der Waals surface area contributed by atoms with Gasteiger partial charge >= 0.3 is 0 Å². The van der Waals surface area contributed by atoms with Crippen LogP contribution in [-0.4, -0.2) is 29.1 Å². The summed E-state index contributed by atoms with van der Waals surface area (Å²) in [6.07, 6.45) is 0. The van der Waals surface area contributed by atoms with Gasteiger partial charge in [-0.05, 0) is 36.4 Å². The molecule has 0 amide bonds. The third-order valence-electron chi connectivity index (χ3n) is 8.39. The minimum Gasteiger partial charge on any atom is -0.292 e. The maximum Gasteiger partial charge on any atom is 0.238 e. The third kappa shape index (κ3) is 4.27. The van der Waals surface area contributed by atoms with Gasteiger partial charge in [-0.1, -0.05) is 121 Å². The van der Waals surface area contributed by atoms with Crippen molar-refractivity contribution in [2.45, 2.75) is 0 Å². The minimum atomic E-state index is 0.574. The Morgan fingerprint density at radius 3 is 1.59 bits per heavy atom. The molecule has 0 aliphatic rings. The summed E-state index contributed by atoms with van der Waals surface area (Å²) in [5.41, 5.74) is 8.02. The van der Waals surface area contributed by atoms with Crippen molar-refractivity contribution in [3.05, 3.63) is 158 Å². The summed E-state index contributed by atoms with van der Waals surface area (Å²) in [4.78, 5) is 20.1. The van der Waals surface area contributed by atoms with Crippen LogP contribution < -0.4 is 0 Å². The Bertz CT molecular complexity index is 2460. The van der Waals surface area contributed by atoms with E-state index in [1.54, 1.807) is 0 Å². The summed E-state index contributed by atoms with van der Waals surface area (Å²) in [5, 5.41) is 2.22. The summed E-state index contributed by atoms with van der Waals surface area (Å²) >= 11 is 0. The second kappa shape index (κ2) is 10.6. The first-order valence-electron chi connectivity index (χ1n) is 15.3. The monoisotopic (exact) mass is 590 g/mol. The number of aromatic nitrogens is 6. The Kier molecular flexibility index (Phi) is 6.03. The molecule has 6 nitrogen and oxygen atoms in total. The number of nitrogens with zero attached hydrogens (tertiary/aromatic N) is 6. The van der Waals surface area contributed by atoms with Crippen molar-refractivity contribution in [3.8, 4) is 45.8 Å². The molecule has 0 N–H and O–H groups in total. The first kappa shape index (κ1) is 26.0. The first-order valence-corrected chi connectivity index (χ1v) is 15.3. The van der Waals surface area contributed by atoms with Crippen molar-refractivity contribution in [3.63, 3.8) is 0 Å². The highest BCUT2D eigenvalue weighted by Gasteiger charge is 2.20. The van der Waals surface area contributed by atoms with Crippen LogP contribution in [0.25, 0.3) is 78.6 Å². The van der Waals surface area contributed by atoms with Crippen molar-refractivity contribution in [2.24, 2.45) is 0 Å². The molecule has 0 saturated carbocycles. The van der Waals surface area contributed by atoms with Crippen molar-refractivity contribution in [1.29, 1.82) is 0 Å². The molecule has 3 heterocycles. The third-order valence-corrected chi connectivity index (χ3v) is 8.39. The van der Waals surface area contributed by atoms with Crippen LogP contribution >= 0.6 is 0 Å². The van der Waals surface area contributed by atoms with Gasteiger partial charge in [-0.3, -0.25) is 9.13 Å². The number of rotatable bonds is 5. The average Bonchev–Trinajstić information content (AvgIpc) is 3.69. The second-order valence-electron chi connectivity index (χ2n) is 11.2. The number of hydrogen-bond donors (Lipinski definition) is 0. The molecule has 6 aromatic carbocycles. The second-order valence-corrected chi connectivity index (χ2v) is 11.2. The van der Waals surface area contributed by atoms with Crippen molar-refractivity contribution in [2.75, 3.05) is 0 Å². The highest BCUT2D eigenvalue weighted by atomic mass is 15.2. The molecular weight excluding hydrogens is 564 g/mol. The molecule has 0 saturated heterocycles. The Morgan fingerprint density at radius 2 is 0.913 bits per heavy atom. The van der Waals surface area contributed by atoms with E-state index in [1.807, 2.05) is 72.8 Å². The Hall–Kier alpha value is -6.40. The van der Waals surface area contributed by atoms with E-state index in [-0.39, 0.29) is 0 Å². The molecule has 0 bridgehead atoms. The lowest BCUT2D eigenvalue weighted by Gasteiger charge is -2.12. The molecule has 0 aliphatic heterocycles. The van der Waals surface area contributed by atoms with Crippen molar-refractivity contribution < 1.29 is 0 Å². The highest BCUT2D eigenvalue weighted by molar-refractivity contribution is 6.10. The van der Waals surface area contributed by atoms with Gasteiger partial charge in [0, 0.05) is 33.2 Å². The van der Waals surface area contributed by atoms with Crippen LogP contribution in [-0.2, 0) is 0 Å². The molecule has 216 valence electrons. The maximum absolute atomic E-state index is 5.06. The van der Waals surface area contributed by atoms with E-state index in [0.29, 0.717) is 17.6 Å². The molecule has 9 rings (SSSR count). The van der Waals surface area contributed by atoms with E-state index in [2.05, 4.69) is 94.1 Å². The zero-order valence-electron chi connectivity index (χ0n) is 24.7. The molecule has 3 aromatic heterocycles. The van der Waals surface area contributed by atoms with Gasteiger partial charge in [0.2, 0.25) is 5.95 Å². The largest absolute Gasteiger partial charge is 0.292 e. The smallest absolute Gasteiger partial charge is 0.238 e. The lowest BCUT2D eigenvalue weighted by atomic mass is 10.1. The number of imidazole rings is 1. The SMILES string of the molecule is c1ccc(-c2nc(-c3ccccc3)nc(-n3c4ccccc4c4cc(-n5c(-c6ccccc6)nc6ccccc65)ccc43)n2)cc1. The van der Waals surface area contributed by atoms with E-state index >= 15 is 0 Å². The van der Waals surface area contributed by atoms with Crippen LogP contribution in [0.3, 0.4) is 0 Å². The molecule has 9 aromatic rings. The molecular formula is C40H26N6. The van der Waals surface area contributed by atoms with E-state index in [9.17, 15) is 0 Å². The van der Waals surface area contributed by atoms with Gasteiger partial charge in [-0.2, -0.15) is 9.97 Å². The van der Waals surface area contributed by atoms with E-state index in [1.165, 1.54) is 0 Å². The predicted molar refractivity (Wildman–Crippen MR) is 185 cm³/mol. The van der Waals surface area contributed by atoms with Crippen molar-refractivity contribution in [1.82, 2.24) is 29.1 Å². The first-order chi connectivity index (χ1) is 22.8. The fourth-order valence-corrected chi connectivity index (χ4v) is 6.28. The Labute approximate surface area is 264 Å². The quantitative estimate of drug-likeness (QED) is 0.200. The molecule has 6 heteroatoms. The van der Waals surface area contributed by atoms with E-state index in [4.69, 9.17) is 19.9 Å². The minimum absolute atomic E-state index is 0.574. The predicted octanol–water partition coefficient (Wildman–Crippen LogP) is 9.31. The Morgan fingerprint density at radius 1 is 0.370 bits per heavy atom. The molecule has 0 unspecified atom stereocenters. The van der Waals surface area contributed by atoms with Crippen LogP contribution in [0.15, 0.2) is 158 Å². The van der Waals surface area contributed by atoms with Gasteiger partial charge in [0.05, 0.1) is 22.1 Å². The zero-order chi connectivity index (χ0) is 30.5. The molecule has 0 aliphatic carbocycles. The maximum atomic E-state index is 5.06. The van der Waals surface area contributed by atoms with Crippen LogP contribution in [0.5, 0.6) is 0 Å². The van der Waals surface area contributed by atoms with Crippen LogP contribution in [0.1, 0.15) is 0 Å². The molecule has 0 spiro atoms. The van der Waals surface area contributed by atoms with E-state index < -0.39 is 0 Å². The summed E-state index contributed by atoms with van der Waals surface area (Å²) < 4.78 is 4.40. The number of hydrogen-bond acceptors (Lipinski definition) is 4. The molecule has 0 atom stereocenters. The topological polar surface area (TPSA) is 61.4 Å². The lowest BCUT2D eigenvalue weighted by molar-refractivity contribution is 0.953.